The molecule has 0 spiro atoms. The van der Waals surface area contributed by atoms with Gasteiger partial charge in [-0.3, -0.25) is 40.5 Å². The summed E-state index contributed by atoms with van der Waals surface area (Å²) in [5, 5.41) is 102. The van der Waals surface area contributed by atoms with Crippen molar-refractivity contribution >= 4 is 67.0 Å². The molecule has 6 rings (SSSR count). The molecular formula is C34H25CrN8O12+. The van der Waals surface area contributed by atoms with E-state index in [4.69, 9.17) is 0 Å². The molecule has 0 aliphatic heterocycles. The van der Waals surface area contributed by atoms with Crippen LogP contribution in [0.25, 0.3) is 21.5 Å². The summed E-state index contributed by atoms with van der Waals surface area (Å²) in [4.78, 5) is 40.2. The summed E-state index contributed by atoms with van der Waals surface area (Å²) in [6, 6.07) is 20.2. The van der Waals surface area contributed by atoms with Gasteiger partial charge in [-0.25, -0.2) is 0 Å². The Labute approximate surface area is 319 Å². The van der Waals surface area contributed by atoms with Crippen LogP contribution in [0.1, 0.15) is 12.6 Å². The van der Waals surface area contributed by atoms with Crippen molar-refractivity contribution in [3.8, 4) is 23.0 Å². The van der Waals surface area contributed by atoms with E-state index in [0.29, 0.717) is 22.9 Å². The zero-order chi connectivity index (χ0) is 39.4. The standard InChI is InChI=1S/2C17H12N4O6.Cr/c2*1-9-6-13(16(22)12-5-3-2-4-11(9)12)18-19-14-7-10(20(24)25)8-15(17(14)23)21(26)27;/h2*2-8,22-23H,1H3;/p+1. The van der Waals surface area contributed by atoms with Crippen LogP contribution in [0.15, 0.2) is 105 Å². The number of hydrogen-bond donors (Lipinski definition) is 4. The van der Waals surface area contributed by atoms with Gasteiger partial charge in [-0.2, -0.15) is 0 Å². The predicted molar refractivity (Wildman–Crippen MR) is 193 cm³/mol. The molecule has 0 aromatic heterocycles. The number of fused-ring (bicyclic) bond motifs is 2. The molecule has 0 amide bonds. The van der Waals surface area contributed by atoms with Crippen molar-refractivity contribution in [2.24, 2.45) is 20.5 Å². The Morgan fingerprint density at radius 3 is 1.04 bits per heavy atom. The molecule has 0 saturated heterocycles. The van der Waals surface area contributed by atoms with Gasteiger partial charge in [0.25, 0.3) is 11.4 Å². The van der Waals surface area contributed by atoms with E-state index in [0.717, 1.165) is 34.0 Å². The van der Waals surface area contributed by atoms with Crippen LogP contribution in [0.4, 0.5) is 45.5 Å². The third kappa shape index (κ3) is 8.38. The fourth-order valence-corrected chi connectivity index (χ4v) is 5.23. The molecule has 4 N–H and O–H groups in total. The maximum absolute atomic E-state index is 11.0. The van der Waals surface area contributed by atoms with E-state index in [1.165, 1.54) is 0 Å². The second-order valence-corrected chi connectivity index (χ2v) is 11.3. The van der Waals surface area contributed by atoms with Gasteiger partial charge in [0.15, 0.2) is 11.5 Å². The van der Waals surface area contributed by atoms with Gasteiger partial charge in [0.2, 0.25) is 11.5 Å². The average Bonchev–Trinajstić information content (AvgIpc) is 3.14. The van der Waals surface area contributed by atoms with Crippen LogP contribution in [-0.4, -0.2) is 40.1 Å². The number of benzene rings is 6. The van der Waals surface area contributed by atoms with E-state index < -0.39 is 65.3 Å². The Bertz CT molecular complexity index is 2450. The largest absolute Gasteiger partial charge is 1.00 e. The number of non-ortho nitro benzene ring substituents is 2. The predicted octanol–water partition coefficient (Wildman–Crippen LogP) is 9.69. The zero-order valence-corrected chi connectivity index (χ0v) is 29.4. The summed E-state index contributed by atoms with van der Waals surface area (Å²) < 4.78 is 0. The molecule has 21 heteroatoms. The third-order valence-corrected chi connectivity index (χ3v) is 7.86. The molecule has 0 fully saturated rings. The minimum absolute atomic E-state index is 0. The Balaban J connectivity index is 0.000000290. The molecule has 0 saturated carbocycles. The average molecular weight is 790 g/mol. The van der Waals surface area contributed by atoms with Crippen molar-refractivity contribution in [1.29, 1.82) is 0 Å². The van der Waals surface area contributed by atoms with Crippen LogP contribution < -0.4 is 0 Å². The maximum atomic E-state index is 11.0. The van der Waals surface area contributed by atoms with Crippen molar-refractivity contribution in [3.05, 3.63) is 137 Å². The second kappa shape index (κ2) is 16.4. The van der Waals surface area contributed by atoms with Crippen molar-refractivity contribution < 1.29 is 58.9 Å². The van der Waals surface area contributed by atoms with Gasteiger partial charge in [0.05, 0.1) is 31.8 Å². The number of hydrogen-bond acceptors (Lipinski definition) is 16. The van der Waals surface area contributed by atoms with Crippen molar-refractivity contribution in [1.82, 2.24) is 0 Å². The number of phenols is 4. The van der Waals surface area contributed by atoms with E-state index >= 15 is 0 Å². The first-order chi connectivity index (χ1) is 25.6. The van der Waals surface area contributed by atoms with Gasteiger partial charge in [-0.1, -0.05) is 48.5 Å². The smallest absolute Gasteiger partial charge is 0.505 e. The van der Waals surface area contributed by atoms with E-state index in [9.17, 15) is 60.9 Å². The molecule has 0 radical (unpaired) electrons. The maximum Gasteiger partial charge on any atom is 1.00 e. The van der Waals surface area contributed by atoms with Gasteiger partial charge in [-0.15, -0.1) is 20.5 Å². The fraction of sp³-hybridized carbons (Fsp3) is 0.0588. The monoisotopic (exact) mass is 789 g/mol. The first-order valence-electron chi connectivity index (χ1n) is 15.2. The second-order valence-electron chi connectivity index (χ2n) is 11.3. The first kappa shape index (κ1) is 40.1. The molecule has 20 nitrogen and oxygen atoms in total. The minimum Gasteiger partial charge on any atom is -0.505 e. The Morgan fingerprint density at radius 1 is 0.455 bits per heavy atom. The number of aryl methyl sites for hydroxylation is 2. The molecule has 0 aliphatic carbocycles. The number of azo groups is 2. The molecule has 0 heterocycles. The third-order valence-electron chi connectivity index (χ3n) is 7.86. The summed E-state index contributed by atoms with van der Waals surface area (Å²) in [7, 11) is 0. The quantitative estimate of drug-likeness (QED) is 0.0636. The summed E-state index contributed by atoms with van der Waals surface area (Å²) in [6.07, 6.45) is 0. The number of rotatable bonds is 8. The van der Waals surface area contributed by atoms with Crippen LogP contribution >= 0.6 is 0 Å². The minimum atomic E-state index is -0.959. The topological polar surface area (TPSA) is 303 Å². The Kier molecular flexibility index (Phi) is 11.9. The molecule has 0 atom stereocenters. The summed E-state index contributed by atoms with van der Waals surface area (Å²) in [5.41, 5.74) is -2.17. The van der Waals surface area contributed by atoms with E-state index in [2.05, 4.69) is 20.5 Å². The van der Waals surface area contributed by atoms with Crippen LogP contribution in [0.3, 0.4) is 0 Å². The molecule has 6 aromatic carbocycles. The summed E-state index contributed by atoms with van der Waals surface area (Å²) >= 11 is 0. The van der Waals surface area contributed by atoms with Gasteiger partial charge in [0, 0.05) is 40.3 Å². The van der Waals surface area contributed by atoms with Crippen LogP contribution in [0.5, 0.6) is 23.0 Å². The van der Waals surface area contributed by atoms with Crippen molar-refractivity contribution in [2.75, 3.05) is 0 Å². The number of nitro benzene ring substituents is 4. The number of nitro groups is 4. The molecule has 278 valence electrons. The molecular weight excluding hydrogens is 764 g/mol. The molecule has 55 heavy (non-hydrogen) atoms. The fourth-order valence-electron chi connectivity index (χ4n) is 5.23. The molecule has 6 aromatic rings. The van der Waals surface area contributed by atoms with Crippen LogP contribution in [0.2, 0.25) is 0 Å². The van der Waals surface area contributed by atoms with Gasteiger partial charge in [-0.05, 0) is 47.9 Å². The van der Waals surface area contributed by atoms with Crippen molar-refractivity contribution in [2.45, 2.75) is 13.8 Å². The Morgan fingerprint density at radius 2 is 0.745 bits per heavy atom. The van der Waals surface area contributed by atoms with Crippen molar-refractivity contribution in [3.63, 3.8) is 0 Å². The normalized spacial score (nSPS) is 10.9. The van der Waals surface area contributed by atoms with E-state index in [1.54, 1.807) is 50.2 Å². The number of phenolic OH excluding ortho intramolecular Hbond substituents is 4. The molecule has 0 aliphatic rings. The first-order valence-corrected chi connectivity index (χ1v) is 15.2. The van der Waals surface area contributed by atoms with E-state index in [-0.39, 0.29) is 41.7 Å². The van der Waals surface area contributed by atoms with Gasteiger partial charge in [0.1, 0.15) is 22.7 Å². The van der Waals surface area contributed by atoms with Crippen LogP contribution in [-0.2, 0) is 17.4 Å². The SMILES string of the molecule is Cc1cc(N=Nc2cc([N+](=O)[O-])cc([N+](=O)[O-])c2O)c(O)c2ccccc12.Cc1cc(N=Nc2cc([N+](=O)[O-])cc([N+](=O)[O-])c2O)c(O)c2ccccc12.[Cr].[H+]. The Hall–Kier alpha value is -7.63. The summed E-state index contributed by atoms with van der Waals surface area (Å²) in [6.45, 7) is 3.60. The van der Waals surface area contributed by atoms with Crippen LogP contribution in [0, 0.1) is 54.3 Å². The molecule has 0 bridgehead atoms. The zero-order valence-electron chi connectivity index (χ0n) is 29.1. The number of nitrogens with zero attached hydrogens (tertiary/aromatic N) is 8. The van der Waals surface area contributed by atoms with Gasteiger partial charge < -0.3 is 20.4 Å². The molecule has 0 unspecified atom stereocenters. The van der Waals surface area contributed by atoms with Gasteiger partial charge >= 0.3 is 12.8 Å². The summed E-state index contributed by atoms with van der Waals surface area (Å²) in [5.74, 6) is -2.04. The van der Waals surface area contributed by atoms with E-state index in [1.807, 2.05) is 24.3 Å². The number of aromatic hydroxyl groups is 4.